The van der Waals surface area contributed by atoms with Crippen molar-refractivity contribution in [2.75, 3.05) is 13.2 Å². The molecule has 0 saturated heterocycles. The number of hydrogen-bond donors (Lipinski definition) is 3. The number of esters is 1. The van der Waals surface area contributed by atoms with E-state index < -0.39 is 12.1 Å². The quantitative estimate of drug-likeness (QED) is 0.0321. The van der Waals surface area contributed by atoms with Crippen LogP contribution in [0.25, 0.3) is 0 Å². The Bertz CT molecular complexity index is 1030. The fourth-order valence-electron chi connectivity index (χ4n) is 9.16. The van der Waals surface area contributed by atoms with Crippen LogP contribution in [-0.4, -0.2) is 47.4 Å². The van der Waals surface area contributed by atoms with Crippen LogP contribution in [0.1, 0.15) is 322 Å². The highest BCUT2D eigenvalue weighted by Gasteiger charge is 2.20. The zero-order valence-electron chi connectivity index (χ0n) is 44.4. The molecule has 390 valence electrons. The standard InChI is InChI=1S/C60H115NO5/c1-3-5-7-9-11-13-15-17-18-19-20-23-26-30-34-38-42-46-50-54-60(65)66-55-51-47-43-39-35-31-27-24-21-22-25-29-33-37-41-45-49-53-59(64)61-57(56-62)58(63)52-48-44-40-36-32-28-16-14-12-10-8-6-4-2/h17-18,21,24,57-58,62-63H,3-16,19-20,22-23,25-56H2,1-2H3,(H,61,64)/b18-17-,24-21-. The molecule has 0 fully saturated rings. The molecule has 1 amide bonds. The molecule has 0 heterocycles. The van der Waals surface area contributed by atoms with Crippen LogP contribution in [0.15, 0.2) is 24.3 Å². The lowest BCUT2D eigenvalue weighted by molar-refractivity contribution is -0.143. The van der Waals surface area contributed by atoms with Gasteiger partial charge in [-0.15, -0.1) is 0 Å². The summed E-state index contributed by atoms with van der Waals surface area (Å²) in [6, 6.07) is -0.550. The normalized spacial score (nSPS) is 12.7. The molecule has 0 saturated carbocycles. The molecule has 0 aliphatic rings. The minimum absolute atomic E-state index is 0.00198. The monoisotopic (exact) mass is 930 g/mol. The van der Waals surface area contributed by atoms with Gasteiger partial charge in [0.2, 0.25) is 5.91 Å². The lowest BCUT2D eigenvalue weighted by Crippen LogP contribution is -2.45. The Hall–Kier alpha value is -1.66. The predicted octanol–water partition coefficient (Wildman–Crippen LogP) is 18.2. The molecule has 0 aromatic heterocycles. The number of hydrogen-bond acceptors (Lipinski definition) is 5. The molecule has 6 heteroatoms. The molecule has 3 N–H and O–H groups in total. The summed E-state index contributed by atoms with van der Waals surface area (Å²) in [4.78, 5) is 24.5. The van der Waals surface area contributed by atoms with Crippen molar-refractivity contribution in [2.45, 2.75) is 334 Å². The van der Waals surface area contributed by atoms with E-state index in [4.69, 9.17) is 4.74 Å². The third-order valence-corrected chi connectivity index (χ3v) is 13.7. The van der Waals surface area contributed by atoms with E-state index in [-0.39, 0.29) is 18.5 Å². The predicted molar refractivity (Wildman–Crippen MR) is 287 cm³/mol. The van der Waals surface area contributed by atoms with E-state index in [2.05, 4.69) is 43.5 Å². The molecule has 2 atom stereocenters. The van der Waals surface area contributed by atoms with Crippen LogP contribution in [0.4, 0.5) is 0 Å². The largest absolute Gasteiger partial charge is 0.466 e. The summed E-state index contributed by atoms with van der Waals surface area (Å²) in [5, 5.41) is 23.2. The van der Waals surface area contributed by atoms with Crippen molar-refractivity contribution in [3.05, 3.63) is 24.3 Å². The summed E-state index contributed by atoms with van der Waals surface area (Å²) in [6.45, 7) is 4.94. The second-order valence-electron chi connectivity index (χ2n) is 20.3. The van der Waals surface area contributed by atoms with Crippen molar-refractivity contribution in [3.8, 4) is 0 Å². The van der Waals surface area contributed by atoms with Crippen molar-refractivity contribution >= 4 is 11.9 Å². The van der Waals surface area contributed by atoms with Gasteiger partial charge < -0.3 is 20.3 Å². The molecule has 0 rings (SSSR count). The number of ether oxygens (including phenoxy) is 1. The number of aliphatic hydroxyl groups excluding tert-OH is 2. The van der Waals surface area contributed by atoms with Gasteiger partial charge in [0.25, 0.3) is 0 Å². The van der Waals surface area contributed by atoms with E-state index in [1.54, 1.807) is 0 Å². The molecule has 0 aromatic rings. The van der Waals surface area contributed by atoms with Gasteiger partial charge >= 0.3 is 5.97 Å². The third kappa shape index (κ3) is 51.7. The van der Waals surface area contributed by atoms with Gasteiger partial charge in [-0.1, -0.05) is 256 Å². The van der Waals surface area contributed by atoms with Crippen LogP contribution >= 0.6 is 0 Å². The minimum atomic E-state index is -0.671. The van der Waals surface area contributed by atoms with Gasteiger partial charge in [-0.25, -0.2) is 0 Å². The molecule has 0 aliphatic heterocycles. The number of nitrogens with one attached hydrogen (secondary N) is 1. The molecule has 2 unspecified atom stereocenters. The Morgan fingerprint density at radius 3 is 1.08 bits per heavy atom. The average Bonchev–Trinajstić information content (AvgIpc) is 3.32. The molecule has 0 bridgehead atoms. The summed E-state index contributed by atoms with van der Waals surface area (Å²) in [5.41, 5.74) is 0. The van der Waals surface area contributed by atoms with Crippen LogP contribution in [0.5, 0.6) is 0 Å². The van der Waals surface area contributed by atoms with Gasteiger partial charge in [0, 0.05) is 12.8 Å². The van der Waals surface area contributed by atoms with Gasteiger partial charge in [-0.2, -0.15) is 0 Å². The Morgan fingerprint density at radius 2 is 0.712 bits per heavy atom. The molecule has 66 heavy (non-hydrogen) atoms. The Labute approximate surface area is 411 Å². The Morgan fingerprint density at radius 1 is 0.409 bits per heavy atom. The zero-order valence-corrected chi connectivity index (χ0v) is 44.4. The smallest absolute Gasteiger partial charge is 0.305 e. The molecule has 0 aliphatic carbocycles. The number of allylic oxidation sites excluding steroid dienone is 4. The topological polar surface area (TPSA) is 95.9 Å². The van der Waals surface area contributed by atoms with Gasteiger partial charge in [-0.05, 0) is 77.0 Å². The van der Waals surface area contributed by atoms with E-state index in [1.807, 2.05) is 0 Å². The second kappa shape index (κ2) is 55.9. The van der Waals surface area contributed by atoms with E-state index in [9.17, 15) is 19.8 Å². The number of aliphatic hydroxyl groups is 2. The number of carbonyl (C=O) groups is 2. The van der Waals surface area contributed by atoms with Gasteiger partial charge in [-0.3, -0.25) is 9.59 Å². The molecule has 0 aromatic carbocycles. The highest BCUT2D eigenvalue weighted by molar-refractivity contribution is 5.76. The summed E-state index contributed by atoms with van der Waals surface area (Å²) in [5.74, 6) is -0.0484. The van der Waals surface area contributed by atoms with Crippen molar-refractivity contribution in [3.63, 3.8) is 0 Å². The summed E-state index contributed by atoms with van der Waals surface area (Å²) in [6.07, 6.45) is 67.4. The fraction of sp³-hybridized carbons (Fsp3) is 0.900. The van der Waals surface area contributed by atoms with Crippen molar-refractivity contribution < 1.29 is 24.5 Å². The zero-order chi connectivity index (χ0) is 47.9. The Balaban J connectivity index is 3.43. The molecule has 0 spiro atoms. The van der Waals surface area contributed by atoms with E-state index in [1.165, 1.54) is 231 Å². The molecular formula is C60H115NO5. The first kappa shape index (κ1) is 64.3. The average molecular weight is 931 g/mol. The molecule has 0 radical (unpaired) electrons. The summed E-state index contributed by atoms with van der Waals surface area (Å²) in [7, 11) is 0. The van der Waals surface area contributed by atoms with E-state index >= 15 is 0 Å². The number of rotatable bonds is 55. The van der Waals surface area contributed by atoms with E-state index in [0.29, 0.717) is 25.9 Å². The van der Waals surface area contributed by atoms with Crippen molar-refractivity contribution in [1.82, 2.24) is 5.32 Å². The van der Waals surface area contributed by atoms with Crippen molar-refractivity contribution in [2.24, 2.45) is 0 Å². The maximum atomic E-state index is 12.5. The van der Waals surface area contributed by atoms with Crippen LogP contribution in [-0.2, 0) is 14.3 Å². The van der Waals surface area contributed by atoms with Gasteiger partial charge in [0.1, 0.15) is 0 Å². The SMILES string of the molecule is CCCCCCCC/C=C\CCCCCCCCCCCC(=O)OCCCCCCCC/C=C\CCCCCCCCCC(=O)NC(CO)C(O)CCCCCCCCCCCCCCC. The van der Waals surface area contributed by atoms with Crippen LogP contribution in [0.3, 0.4) is 0 Å². The number of carbonyl (C=O) groups excluding carboxylic acids is 2. The van der Waals surface area contributed by atoms with Crippen LogP contribution in [0.2, 0.25) is 0 Å². The van der Waals surface area contributed by atoms with Crippen molar-refractivity contribution in [1.29, 1.82) is 0 Å². The first-order valence-electron chi connectivity index (χ1n) is 29.6. The van der Waals surface area contributed by atoms with Crippen LogP contribution in [0, 0.1) is 0 Å². The summed E-state index contributed by atoms with van der Waals surface area (Å²) >= 11 is 0. The van der Waals surface area contributed by atoms with Gasteiger partial charge in [0.15, 0.2) is 0 Å². The fourth-order valence-corrected chi connectivity index (χ4v) is 9.16. The third-order valence-electron chi connectivity index (χ3n) is 13.7. The lowest BCUT2D eigenvalue weighted by Gasteiger charge is -2.22. The van der Waals surface area contributed by atoms with Gasteiger partial charge in [0.05, 0.1) is 25.4 Å². The van der Waals surface area contributed by atoms with Crippen LogP contribution < -0.4 is 5.32 Å². The lowest BCUT2D eigenvalue weighted by atomic mass is 10.0. The molecule has 6 nitrogen and oxygen atoms in total. The minimum Gasteiger partial charge on any atom is -0.466 e. The highest BCUT2D eigenvalue weighted by Crippen LogP contribution is 2.17. The first-order valence-corrected chi connectivity index (χ1v) is 29.6. The Kier molecular flexibility index (Phi) is 54.5. The summed E-state index contributed by atoms with van der Waals surface area (Å²) < 4.78 is 5.48. The van der Waals surface area contributed by atoms with E-state index in [0.717, 1.165) is 57.8 Å². The maximum absolute atomic E-state index is 12.5. The first-order chi connectivity index (χ1) is 32.5. The highest BCUT2D eigenvalue weighted by atomic mass is 16.5. The maximum Gasteiger partial charge on any atom is 0.305 e. The number of amides is 1. The molecular weight excluding hydrogens is 815 g/mol. The number of unbranched alkanes of at least 4 members (excludes halogenated alkanes) is 40. The second-order valence-corrected chi connectivity index (χ2v) is 20.3.